The fourth-order valence-electron chi connectivity index (χ4n) is 5.10. The summed E-state index contributed by atoms with van der Waals surface area (Å²) in [5.74, 6) is 0.893. The number of amides is 1. The Morgan fingerprint density at radius 1 is 1.24 bits per heavy atom. The summed E-state index contributed by atoms with van der Waals surface area (Å²) in [7, 11) is 0. The summed E-state index contributed by atoms with van der Waals surface area (Å²) >= 11 is 0. The molecule has 2 aromatic rings. The Kier molecular flexibility index (Phi) is 6.64. The van der Waals surface area contributed by atoms with Gasteiger partial charge < -0.3 is 11.1 Å². The molecule has 2 aliphatic carbocycles. The first kappa shape index (κ1) is 21.8. The lowest BCUT2D eigenvalue weighted by Gasteiger charge is -2.43. The fraction of sp³-hybridized carbons (Fsp3) is 0.545. The highest BCUT2D eigenvalue weighted by molar-refractivity contribution is 5.85. The molecule has 7 heteroatoms. The maximum atomic E-state index is 13.2. The first-order valence-corrected chi connectivity index (χ1v) is 10.3. The van der Waals surface area contributed by atoms with Gasteiger partial charge in [-0.1, -0.05) is 6.42 Å². The second kappa shape index (κ2) is 8.84. The molecule has 0 saturated heterocycles. The molecule has 29 heavy (non-hydrogen) atoms. The van der Waals surface area contributed by atoms with Crippen molar-refractivity contribution in [2.75, 3.05) is 0 Å². The summed E-state index contributed by atoms with van der Waals surface area (Å²) in [6.45, 7) is 3.96. The maximum absolute atomic E-state index is 13.2. The fourth-order valence-corrected chi connectivity index (χ4v) is 5.10. The molecule has 2 aliphatic rings. The number of fused-ring (bicyclic) bond motifs is 2. The molecule has 3 unspecified atom stereocenters. The van der Waals surface area contributed by atoms with Crippen LogP contribution in [0.4, 0.5) is 4.39 Å². The van der Waals surface area contributed by atoms with E-state index < -0.39 is 0 Å². The number of carbonyl (C=O) groups excluding carboxylic acids is 1. The van der Waals surface area contributed by atoms with Crippen LogP contribution in [0.2, 0.25) is 0 Å². The number of halogens is 2. The lowest BCUT2D eigenvalue weighted by Crippen LogP contribution is -2.49. The zero-order valence-electron chi connectivity index (χ0n) is 17.0. The van der Waals surface area contributed by atoms with Gasteiger partial charge in [-0.2, -0.15) is 5.10 Å². The van der Waals surface area contributed by atoms with Gasteiger partial charge in [-0.3, -0.25) is 4.79 Å². The number of hydrogen-bond acceptors (Lipinski definition) is 3. The highest BCUT2D eigenvalue weighted by Gasteiger charge is 2.40. The summed E-state index contributed by atoms with van der Waals surface area (Å²) in [5, 5.41) is 7.63. The van der Waals surface area contributed by atoms with Gasteiger partial charge >= 0.3 is 0 Å². The molecule has 4 rings (SSSR count). The molecular formula is C22H30ClFN4O. The topological polar surface area (TPSA) is 72.9 Å². The SMILES string of the molecule is Cc1c(C(C)NC(=O)C2CC3CCCC(C2)C3N)cnn1-c1ccc(F)cc1.Cl. The van der Waals surface area contributed by atoms with E-state index in [1.807, 2.05) is 13.8 Å². The van der Waals surface area contributed by atoms with Crippen molar-refractivity contribution in [2.45, 2.75) is 58.0 Å². The van der Waals surface area contributed by atoms with Crippen LogP contribution in [0.1, 0.15) is 56.3 Å². The lowest BCUT2D eigenvalue weighted by molar-refractivity contribution is -0.128. The van der Waals surface area contributed by atoms with Crippen LogP contribution >= 0.6 is 12.4 Å². The predicted molar refractivity (Wildman–Crippen MR) is 114 cm³/mol. The van der Waals surface area contributed by atoms with E-state index in [0.29, 0.717) is 11.8 Å². The van der Waals surface area contributed by atoms with Crippen LogP contribution < -0.4 is 11.1 Å². The van der Waals surface area contributed by atoms with Crippen molar-refractivity contribution in [1.82, 2.24) is 15.1 Å². The molecule has 2 saturated carbocycles. The third kappa shape index (κ3) is 4.33. The van der Waals surface area contributed by atoms with Gasteiger partial charge in [0.15, 0.2) is 0 Å². The average Bonchev–Trinajstić information content (AvgIpc) is 3.03. The summed E-state index contributed by atoms with van der Waals surface area (Å²) in [4.78, 5) is 12.9. The zero-order valence-corrected chi connectivity index (χ0v) is 17.8. The quantitative estimate of drug-likeness (QED) is 0.782. The van der Waals surface area contributed by atoms with E-state index in [-0.39, 0.29) is 42.1 Å². The first-order chi connectivity index (χ1) is 13.4. The van der Waals surface area contributed by atoms with Crippen LogP contribution in [0.25, 0.3) is 5.69 Å². The standard InChI is InChI=1S/C22H29FN4O.ClH/c1-13(20-12-25-27(14(20)2)19-8-6-18(23)7-9-19)26-22(28)17-10-15-4-3-5-16(11-17)21(15)24;/h6-9,12-13,15-17,21H,3-5,10-11,24H2,1-2H3,(H,26,28);1H. The Morgan fingerprint density at radius 2 is 1.86 bits per heavy atom. The van der Waals surface area contributed by atoms with Crippen molar-refractivity contribution in [3.05, 3.63) is 47.5 Å². The van der Waals surface area contributed by atoms with E-state index in [1.165, 1.54) is 18.6 Å². The maximum Gasteiger partial charge on any atom is 0.223 e. The Hall–Kier alpha value is -1.92. The molecule has 158 valence electrons. The molecule has 0 aliphatic heterocycles. The van der Waals surface area contributed by atoms with Crippen molar-refractivity contribution in [1.29, 1.82) is 0 Å². The number of carbonyl (C=O) groups is 1. The van der Waals surface area contributed by atoms with Crippen LogP contribution in [0.5, 0.6) is 0 Å². The van der Waals surface area contributed by atoms with Crippen molar-refractivity contribution >= 4 is 18.3 Å². The number of aromatic nitrogens is 2. The minimum absolute atomic E-state index is 0. The molecule has 1 aromatic carbocycles. The highest BCUT2D eigenvalue weighted by Crippen LogP contribution is 2.42. The average molecular weight is 421 g/mol. The second-order valence-electron chi connectivity index (χ2n) is 8.50. The molecule has 5 nitrogen and oxygen atoms in total. The third-order valence-electron chi connectivity index (χ3n) is 6.73. The minimum atomic E-state index is -0.272. The van der Waals surface area contributed by atoms with Crippen molar-refractivity contribution in [2.24, 2.45) is 23.5 Å². The monoisotopic (exact) mass is 420 g/mol. The molecule has 1 amide bonds. The summed E-state index contributed by atoms with van der Waals surface area (Å²) in [5.41, 5.74) is 9.09. The van der Waals surface area contributed by atoms with Crippen LogP contribution in [0.3, 0.4) is 0 Å². The van der Waals surface area contributed by atoms with Crippen molar-refractivity contribution in [3.63, 3.8) is 0 Å². The van der Waals surface area contributed by atoms with Crippen LogP contribution in [-0.2, 0) is 4.79 Å². The Labute approximate surface area is 177 Å². The Bertz CT molecular complexity index is 839. The van der Waals surface area contributed by atoms with E-state index in [4.69, 9.17) is 5.73 Å². The number of nitrogens with two attached hydrogens (primary N) is 1. The molecule has 2 bridgehead atoms. The lowest BCUT2D eigenvalue weighted by atomic mass is 9.65. The summed E-state index contributed by atoms with van der Waals surface area (Å²) in [6, 6.07) is 6.39. The molecule has 0 radical (unpaired) electrons. The normalized spacial score (nSPS) is 27.0. The van der Waals surface area contributed by atoms with E-state index in [0.717, 1.165) is 42.6 Å². The molecule has 3 atom stereocenters. The smallest absolute Gasteiger partial charge is 0.223 e. The first-order valence-electron chi connectivity index (χ1n) is 10.3. The van der Waals surface area contributed by atoms with Crippen molar-refractivity contribution in [3.8, 4) is 5.69 Å². The molecule has 3 N–H and O–H groups in total. The highest BCUT2D eigenvalue weighted by atomic mass is 35.5. The number of nitrogens with zero attached hydrogens (tertiary/aromatic N) is 2. The van der Waals surface area contributed by atoms with Gasteiger partial charge in [0.1, 0.15) is 5.82 Å². The number of rotatable bonds is 4. The van der Waals surface area contributed by atoms with Crippen LogP contribution in [-0.4, -0.2) is 21.7 Å². The second-order valence-corrected chi connectivity index (χ2v) is 8.50. The van der Waals surface area contributed by atoms with Gasteiger partial charge in [-0.05, 0) is 75.6 Å². The van der Waals surface area contributed by atoms with Gasteiger partial charge in [0.25, 0.3) is 0 Å². The third-order valence-corrected chi connectivity index (χ3v) is 6.73. The van der Waals surface area contributed by atoms with Gasteiger partial charge in [0.05, 0.1) is 17.9 Å². The van der Waals surface area contributed by atoms with Gasteiger partial charge in [-0.25, -0.2) is 9.07 Å². The molecule has 2 fully saturated rings. The largest absolute Gasteiger partial charge is 0.349 e. The summed E-state index contributed by atoms with van der Waals surface area (Å²) < 4.78 is 15.0. The molecular weight excluding hydrogens is 391 g/mol. The Balaban J connectivity index is 0.00000240. The molecule has 0 spiro atoms. The minimum Gasteiger partial charge on any atom is -0.349 e. The van der Waals surface area contributed by atoms with Crippen molar-refractivity contribution < 1.29 is 9.18 Å². The van der Waals surface area contributed by atoms with E-state index in [1.54, 1.807) is 23.0 Å². The number of benzene rings is 1. The molecule has 1 heterocycles. The van der Waals surface area contributed by atoms with Crippen LogP contribution in [0, 0.1) is 30.5 Å². The number of nitrogens with one attached hydrogen (secondary N) is 1. The van der Waals surface area contributed by atoms with Crippen LogP contribution in [0.15, 0.2) is 30.5 Å². The predicted octanol–water partition coefficient (Wildman–Crippen LogP) is 4.07. The Morgan fingerprint density at radius 3 is 2.48 bits per heavy atom. The van der Waals surface area contributed by atoms with E-state index >= 15 is 0 Å². The summed E-state index contributed by atoms with van der Waals surface area (Å²) in [6.07, 6.45) is 7.15. The zero-order chi connectivity index (χ0) is 19.8. The van der Waals surface area contributed by atoms with E-state index in [2.05, 4.69) is 10.4 Å². The number of hydrogen-bond donors (Lipinski definition) is 2. The van der Waals surface area contributed by atoms with E-state index in [9.17, 15) is 9.18 Å². The van der Waals surface area contributed by atoms with Gasteiger partial charge in [0.2, 0.25) is 5.91 Å². The van der Waals surface area contributed by atoms with Gasteiger partial charge in [0, 0.05) is 23.2 Å². The van der Waals surface area contributed by atoms with Gasteiger partial charge in [-0.15, -0.1) is 12.4 Å². The molecule has 1 aromatic heterocycles.